The number of phenolic OH excluding ortho intramolecular Hbond substituents is 1. The van der Waals surface area contributed by atoms with Crippen LogP contribution in [0.3, 0.4) is 0 Å². The number of carbonyl (C=O) groups is 2. The summed E-state index contributed by atoms with van der Waals surface area (Å²) in [5.41, 5.74) is 1.46. The third-order valence-corrected chi connectivity index (χ3v) is 6.91. The van der Waals surface area contributed by atoms with Crippen LogP contribution in [0.1, 0.15) is 24.1 Å². The van der Waals surface area contributed by atoms with Crippen LogP contribution in [0, 0.1) is 0 Å². The quantitative estimate of drug-likeness (QED) is 0.205. The maximum absolute atomic E-state index is 13.3. The molecule has 1 unspecified atom stereocenters. The minimum atomic E-state index is -0.946. The highest BCUT2D eigenvalue weighted by Crippen LogP contribution is 2.44. The van der Waals surface area contributed by atoms with E-state index >= 15 is 0 Å². The number of thiazole rings is 1. The van der Waals surface area contributed by atoms with Gasteiger partial charge >= 0.3 is 5.91 Å². The van der Waals surface area contributed by atoms with Crippen LogP contribution in [0.15, 0.2) is 72.3 Å². The van der Waals surface area contributed by atoms with Gasteiger partial charge in [0.1, 0.15) is 17.3 Å². The molecule has 0 aliphatic carbocycles. The third kappa shape index (κ3) is 4.11. The number of ketones is 1. The molecule has 4 aromatic rings. The van der Waals surface area contributed by atoms with E-state index in [0.29, 0.717) is 39.2 Å². The number of rotatable bonds is 5. The lowest BCUT2D eigenvalue weighted by Gasteiger charge is -2.23. The predicted octanol–water partition coefficient (Wildman–Crippen LogP) is 5.68. The number of benzene rings is 3. The maximum atomic E-state index is 13.3. The Balaban J connectivity index is 1.69. The highest BCUT2D eigenvalue weighted by molar-refractivity contribution is 7.22. The van der Waals surface area contributed by atoms with Gasteiger partial charge < -0.3 is 14.9 Å². The summed E-state index contributed by atoms with van der Waals surface area (Å²) in [4.78, 5) is 32.4. The number of anilines is 1. The molecule has 1 aliphatic heterocycles. The van der Waals surface area contributed by atoms with Crippen molar-refractivity contribution in [3.05, 3.63) is 88.5 Å². The fourth-order valence-electron chi connectivity index (χ4n) is 4.02. The standard InChI is InChI=1S/C26H19ClN2O5S/c1-2-34-18-11-12-19-20(13-18)35-26(28-19)29-22(14-5-9-17(30)10-6-14)21(24(32)25(29)33)23(31)15-3-7-16(27)8-4-15/h3-13,22,30-31H,2H2,1H3/b23-21+. The lowest BCUT2D eigenvalue weighted by Crippen LogP contribution is -2.29. The fourth-order valence-corrected chi connectivity index (χ4v) is 5.16. The van der Waals surface area contributed by atoms with Crippen LogP contribution in [0.5, 0.6) is 11.5 Å². The highest BCUT2D eigenvalue weighted by atomic mass is 35.5. The second kappa shape index (κ2) is 9.05. The minimum absolute atomic E-state index is 0.0341. The number of hydrogen-bond donors (Lipinski definition) is 2. The SMILES string of the molecule is CCOc1ccc2nc(N3C(=O)C(=O)/C(=C(/O)c4ccc(Cl)cc4)C3c3ccc(O)cc3)sc2c1. The largest absolute Gasteiger partial charge is 0.508 e. The van der Waals surface area contributed by atoms with Gasteiger partial charge in [0.15, 0.2) is 5.13 Å². The van der Waals surface area contributed by atoms with Crippen LogP contribution in [0.2, 0.25) is 5.02 Å². The highest BCUT2D eigenvalue weighted by Gasteiger charge is 2.48. The van der Waals surface area contributed by atoms with Gasteiger partial charge in [0.05, 0.1) is 28.4 Å². The first-order chi connectivity index (χ1) is 16.9. The molecule has 0 bridgehead atoms. The number of hydrogen-bond acceptors (Lipinski definition) is 7. The number of amides is 1. The van der Waals surface area contributed by atoms with Crippen LogP contribution in [0.25, 0.3) is 16.0 Å². The summed E-state index contributed by atoms with van der Waals surface area (Å²) in [6.07, 6.45) is 0. The number of Topliss-reactive ketones (excluding diaryl/α,β-unsaturated/α-hetero) is 1. The number of aromatic nitrogens is 1. The molecule has 1 amide bonds. The molecule has 0 saturated carbocycles. The van der Waals surface area contributed by atoms with Gasteiger partial charge in [-0.25, -0.2) is 4.98 Å². The molecule has 1 aliphatic rings. The van der Waals surface area contributed by atoms with Crippen molar-refractivity contribution in [3.63, 3.8) is 0 Å². The molecule has 0 spiro atoms. The summed E-state index contributed by atoms with van der Waals surface area (Å²) >= 11 is 7.22. The van der Waals surface area contributed by atoms with E-state index < -0.39 is 17.7 Å². The number of fused-ring (bicyclic) bond motifs is 1. The lowest BCUT2D eigenvalue weighted by atomic mass is 9.95. The van der Waals surface area contributed by atoms with Gasteiger partial charge in [0.25, 0.3) is 5.78 Å². The van der Waals surface area contributed by atoms with Crippen molar-refractivity contribution >= 4 is 55.7 Å². The van der Waals surface area contributed by atoms with Crippen LogP contribution in [0.4, 0.5) is 5.13 Å². The topological polar surface area (TPSA) is 100.0 Å². The summed E-state index contributed by atoms with van der Waals surface area (Å²) in [7, 11) is 0. The van der Waals surface area contributed by atoms with Gasteiger partial charge in [-0.3, -0.25) is 14.5 Å². The third-order valence-electron chi connectivity index (χ3n) is 5.64. The Labute approximate surface area is 209 Å². The zero-order valence-corrected chi connectivity index (χ0v) is 20.0. The molecule has 2 N–H and O–H groups in total. The number of nitrogens with zero attached hydrogens (tertiary/aromatic N) is 2. The number of aromatic hydroxyl groups is 1. The lowest BCUT2D eigenvalue weighted by molar-refractivity contribution is -0.132. The maximum Gasteiger partial charge on any atom is 0.301 e. The number of halogens is 1. The number of carbonyl (C=O) groups excluding carboxylic acids is 2. The molecule has 2 heterocycles. The number of phenols is 1. The summed E-state index contributed by atoms with van der Waals surface area (Å²) in [5.74, 6) is -1.24. The minimum Gasteiger partial charge on any atom is -0.508 e. The Kier molecular flexibility index (Phi) is 5.92. The molecule has 1 fully saturated rings. The molecule has 0 radical (unpaired) electrons. The van der Waals surface area contributed by atoms with Crippen LogP contribution in [-0.4, -0.2) is 33.5 Å². The second-order valence-corrected chi connectivity index (χ2v) is 9.27. The van der Waals surface area contributed by atoms with E-state index in [9.17, 15) is 19.8 Å². The molecular weight excluding hydrogens is 488 g/mol. The van der Waals surface area contributed by atoms with E-state index in [1.165, 1.54) is 28.4 Å². The van der Waals surface area contributed by atoms with Crippen molar-refractivity contribution in [1.82, 2.24) is 4.98 Å². The Hall–Kier alpha value is -3.88. The van der Waals surface area contributed by atoms with Crippen LogP contribution < -0.4 is 9.64 Å². The van der Waals surface area contributed by atoms with Crippen molar-refractivity contribution in [2.75, 3.05) is 11.5 Å². The van der Waals surface area contributed by atoms with E-state index in [4.69, 9.17) is 16.3 Å². The summed E-state index contributed by atoms with van der Waals surface area (Å²) < 4.78 is 6.35. The van der Waals surface area contributed by atoms with Gasteiger partial charge in [0, 0.05) is 10.6 Å². The average molecular weight is 507 g/mol. The van der Waals surface area contributed by atoms with Gasteiger partial charge in [-0.2, -0.15) is 0 Å². The van der Waals surface area contributed by atoms with E-state index in [2.05, 4.69) is 4.98 Å². The molecule has 1 aromatic heterocycles. The first kappa shape index (κ1) is 22.9. The molecule has 1 atom stereocenters. The molecule has 5 rings (SSSR count). The van der Waals surface area contributed by atoms with Crippen molar-refractivity contribution in [2.45, 2.75) is 13.0 Å². The van der Waals surface area contributed by atoms with Gasteiger partial charge in [-0.1, -0.05) is 35.1 Å². The molecule has 3 aromatic carbocycles. The Morgan fingerprint density at radius 1 is 1.09 bits per heavy atom. The van der Waals surface area contributed by atoms with Gasteiger partial charge in [0.2, 0.25) is 0 Å². The summed E-state index contributed by atoms with van der Waals surface area (Å²) in [6, 6.07) is 16.9. The number of aliphatic hydroxyl groups is 1. The molecule has 1 saturated heterocycles. The molecule has 9 heteroatoms. The molecule has 176 valence electrons. The van der Waals surface area contributed by atoms with Crippen LogP contribution in [-0.2, 0) is 9.59 Å². The van der Waals surface area contributed by atoms with Crippen molar-refractivity contribution < 1.29 is 24.5 Å². The molecule has 35 heavy (non-hydrogen) atoms. The Morgan fingerprint density at radius 3 is 2.49 bits per heavy atom. The van der Waals surface area contributed by atoms with Crippen molar-refractivity contribution in [1.29, 1.82) is 0 Å². The average Bonchev–Trinajstić information content (AvgIpc) is 3.38. The van der Waals surface area contributed by atoms with E-state index in [0.717, 1.165) is 4.70 Å². The molecule has 7 nitrogen and oxygen atoms in total. The smallest absolute Gasteiger partial charge is 0.301 e. The normalized spacial score (nSPS) is 17.3. The first-order valence-corrected chi connectivity index (χ1v) is 12.0. The predicted molar refractivity (Wildman–Crippen MR) is 135 cm³/mol. The second-order valence-electron chi connectivity index (χ2n) is 7.83. The Bertz CT molecular complexity index is 1480. The van der Waals surface area contributed by atoms with Gasteiger partial charge in [-0.05, 0) is 67.1 Å². The van der Waals surface area contributed by atoms with Gasteiger partial charge in [-0.15, -0.1) is 0 Å². The number of aliphatic hydroxyl groups excluding tert-OH is 1. The Morgan fingerprint density at radius 2 is 1.80 bits per heavy atom. The summed E-state index contributed by atoms with van der Waals surface area (Å²) in [5, 5.41) is 21.7. The molecular formula is C26H19ClN2O5S. The number of ether oxygens (including phenoxy) is 1. The first-order valence-electron chi connectivity index (χ1n) is 10.8. The van der Waals surface area contributed by atoms with E-state index in [1.807, 2.05) is 13.0 Å². The fraction of sp³-hybridized carbons (Fsp3) is 0.115. The summed E-state index contributed by atoms with van der Waals surface area (Å²) in [6.45, 7) is 2.40. The van der Waals surface area contributed by atoms with E-state index in [1.54, 1.807) is 48.5 Å². The monoisotopic (exact) mass is 506 g/mol. The van der Waals surface area contributed by atoms with Crippen LogP contribution >= 0.6 is 22.9 Å². The van der Waals surface area contributed by atoms with E-state index in [-0.39, 0.29) is 17.1 Å². The zero-order chi connectivity index (χ0) is 24.7. The van der Waals surface area contributed by atoms with Crippen molar-refractivity contribution in [3.8, 4) is 11.5 Å². The van der Waals surface area contributed by atoms with Crippen molar-refractivity contribution in [2.24, 2.45) is 0 Å². The zero-order valence-electron chi connectivity index (χ0n) is 18.4.